The molecule has 1 saturated carbocycles. The smallest absolute Gasteiger partial charge is 0.329 e. The molecule has 108 valence electrons. The number of nitrogens with one attached hydrogen (secondary N) is 1. The van der Waals surface area contributed by atoms with E-state index < -0.39 is 11.5 Å². The van der Waals surface area contributed by atoms with Gasteiger partial charge in [0.15, 0.2) is 5.82 Å². The summed E-state index contributed by atoms with van der Waals surface area (Å²) >= 11 is 0. The predicted octanol–water partition coefficient (Wildman–Crippen LogP) is 0.0566. The Hall–Kier alpha value is -2.12. The molecule has 1 aliphatic heterocycles. The van der Waals surface area contributed by atoms with E-state index >= 15 is 0 Å². The summed E-state index contributed by atoms with van der Waals surface area (Å²) in [4.78, 5) is 25.3. The molecule has 0 spiro atoms. The molecule has 1 fully saturated rings. The predicted molar refractivity (Wildman–Crippen MR) is 67.7 cm³/mol. The van der Waals surface area contributed by atoms with E-state index in [1.54, 1.807) is 18.2 Å². The van der Waals surface area contributed by atoms with Gasteiger partial charge in [0.2, 0.25) is 0 Å². The van der Waals surface area contributed by atoms with Crippen LogP contribution < -0.4 is 5.32 Å². The monoisotopic (exact) mass is 279 g/mol. The van der Waals surface area contributed by atoms with E-state index in [1.807, 2.05) is 4.57 Å². The zero-order valence-electron chi connectivity index (χ0n) is 11.2. The molecule has 3 rings (SSSR count). The summed E-state index contributed by atoms with van der Waals surface area (Å²) in [6.07, 6.45) is 3.32. The summed E-state index contributed by atoms with van der Waals surface area (Å²) < 4.78 is 1.89. The summed E-state index contributed by atoms with van der Waals surface area (Å²) in [7, 11) is 0. The van der Waals surface area contributed by atoms with Crippen LogP contribution in [0.2, 0.25) is 0 Å². The fraction of sp³-hybridized carbons (Fsp3) is 0.667. The number of aromatic nitrogens is 3. The first-order valence-electron chi connectivity index (χ1n) is 6.68. The van der Waals surface area contributed by atoms with Crippen LogP contribution >= 0.6 is 0 Å². The van der Waals surface area contributed by atoms with Crippen LogP contribution in [0.15, 0.2) is 6.33 Å². The van der Waals surface area contributed by atoms with Gasteiger partial charge >= 0.3 is 12.0 Å². The van der Waals surface area contributed by atoms with Crippen LogP contribution in [0.1, 0.15) is 25.6 Å². The Labute approximate surface area is 115 Å². The van der Waals surface area contributed by atoms with Crippen molar-refractivity contribution in [1.29, 1.82) is 0 Å². The quantitative estimate of drug-likeness (QED) is 0.814. The summed E-state index contributed by atoms with van der Waals surface area (Å²) in [6, 6.07) is -0.351. The van der Waals surface area contributed by atoms with Crippen LogP contribution in [0.4, 0.5) is 4.79 Å². The molecule has 8 heteroatoms. The molecule has 0 saturated heterocycles. The molecule has 1 aromatic rings. The average molecular weight is 279 g/mol. The normalized spacial score (nSPS) is 20.9. The van der Waals surface area contributed by atoms with Crippen LogP contribution in [0, 0.1) is 5.92 Å². The van der Waals surface area contributed by atoms with Gasteiger partial charge in [0.05, 0.1) is 6.54 Å². The van der Waals surface area contributed by atoms with Crippen molar-refractivity contribution in [2.24, 2.45) is 5.92 Å². The van der Waals surface area contributed by atoms with Gasteiger partial charge in [0, 0.05) is 13.1 Å². The molecule has 0 bridgehead atoms. The molecule has 1 aliphatic carbocycles. The van der Waals surface area contributed by atoms with Crippen molar-refractivity contribution in [1.82, 2.24) is 25.0 Å². The van der Waals surface area contributed by atoms with Crippen LogP contribution in [-0.4, -0.2) is 48.9 Å². The second kappa shape index (κ2) is 4.46. The molecular weight excluding hydrogens is 262 g/mol. The third-order valence-corrected chi connectivity index (χ3v) is 4.13. The van der Waals surface area contributed by atoms with Gasteiger partial charge in [-0.3, -0.25) is 0 Å². The van der Waals surface area contributed by atoms with Gasteiger partial charge in [0.1, 0.15) is 11.9 Å². The number of fused-ring (bicyclic) bond motifs is 1. The third kappa shape index (κ3) is 2.10. The minimum absolute atomic E-state index is 0.0254. The van der Waals surface area contributed by atoms with Crippen molar-refractivity contribution < 1.29 is 14.7 Å². The lowest BCUT2D eigenvalue weighted by Crippen LogP contribution is -2.58. The lowest BCUT2D eigenvalue weighted by Gasteiger charge is -2.32. The molecular formula is C12H17N5O3. The lowest BCUT2D eigenvalue weighted by molar-refractivity contribution is -0.144. The number of aliphatic carboxylic acids is 1. The Kier molecular flexibility index (Phi) is 2.88. The zero-order chi connectivity index (χ0) is 14.3. The minimum Gasteiger partial charge on any atom is -0.480 e. The maximum absolute atomic E-state index is 12.3. The van der Waals surface area contributed by atoms with E-state index in [2.05, 4.69) is 15.5 Å². The Morgan fingerprint density at radius 1 is 1.45 bits per heavy atom. The van der Waals surface area contributed by atoms with Crippen molar-refractivity contribution in [2.45, 2.75) is 38.4 Å². The number of urea groups is 1. The number of hydrogen-bond donors (Lipinski definition) is 2. The van der Waals surface area contributed by atoms with Crippen molar-refractivity contribution in [2.75, 3.05) is 6.54 Å². The highest BCUT2D eigenvalue weighted by molar-refractivity contribution is 5.86. The van der Waals surface area contributed by atoms with E-state index in [9.17, 15) is 14.7 Å². The number of carboxylic acids is 1. The Bertz CT molecular complexity index is 553. The number of carboxylic acid groups (broad SMARTS) is 1. The van der Waals surface area contributed by atoms with Crippen LogP contribution in [0.5, 0.6) is 0 Å². The second-order valence-corrected chi connectivity index (χ2v) is 5.57. The summed E-state index contributed by atoms with van der Waals surface area (Å²) in [5.41, 5.74) is -1.18. The van der Waals surface area contributed by atoms with Crippen LogP contribution in [0.25, 0.3) is 0 Å². The van der Waals surface area contributed by atoms with E-state index in [1.165, 1.54) is 0 Å². The average Bonchev–Trinajstić information content (AvgIpc) is 3.16. The van der Waals surface area contributed by atoms with Crippen molar-refractivity contribution in [3.63, 3.8) is 0 Å². The van der Waals surface area contributed by atoms with E-state index in [-0.39, 0.29) is 11.9 Å². The van der Waals surface area contributed by atoms with Gasteiger partial charge in [-0.2, -0.15) is 0 Å². The first-order chi connectivity index (χ1) is 9.50. The van der Waals surface area contributed by atoms with Gasteiger partial charge in [-0.1, -0.05) is 0 Å². The Balaban J connectivity index is 1.69. The van der Waals surface area contributed by atoms with Crippen LogP contribution in [-0.2, 0) is 17.9 Å². The zero-order valence-corrected chi connectivity index (χ0v) is 11.2. The molecule has 2 aliphatic rings. The fourth-order valence-electron chi connectivity index (χ4n) is 2.53. The van der Waals surface area contributed by atoms with Gasteiger partial charge < -0.3 is 19.9 Å². The molecule has 2 amide bonds. The standard InChI is InChI=1S/C12H17N5O3/c1-12(10(18)19,8-2-3-8)14-11(20)16-4-5-17-7-13-15-9(17)6-16/h7-8H,2-6H2,1H3,(H,14,20)(H,18,19). The summed E-state index contributed by atoms with van der Waals surface area (Å²) in [5.74, 6) is -0.235. The van der Waals surface area contributed by atoms with Crippen molar-refractivity contribution in [3.8, 4) is 0 Å². The number of hydrogen-bond acceptors (Lipinski definition) is 4. The van der Waals surface area contributed by atoms with E-state index in [0.29, 0.717) is 19.6 Å². The molecule has 1 aromatic heterocycles. The number of nitrogens with zero attached hydrogens (tertiary/aromatic N) is 4. The van der Waals surface area contributed by atoms with Gasteiger partial charge in [0.25, 0.3) is 0 Å². The highest BCUT2D eigenvalue weighted by Gasteiger charge is 2.49. The summed E-state index contributed by atoms with van der Waals surface area (Å²) in [6.45, 7) is 3.09. The molecule has 2 heterocycles. The first-order valence-corrected chi connectivity index (χ1v) is 6.68. The topological polar surface area (TPSA) is 100 Å². The maximum atomic E-state index is 12.3. The number of carbonyl (C=O) groups excluding carboxylic acids is 1. The molecule has 2 N–H and O–H groups in total. The SMILES string of the molecule is CC(NC(=O)N1CCn2cnnc2C1)(C(=O)O)C1CC1. The third-order valence-electron chi connectivity index (χ3n) is 4.13. The summed E-state index contributed by atoms with van der Waals surface area (Å²) in [5, 5.41) is 19.8. The molecule has 1 unspecified atom stereocenters. The first kappa shape index (κ1) is 12.9. The highest BCUT2D eigenvalue weighted by atomic mass is 16.4. The van der Waals surface area contributed by atoms with Crippen molar-refractivity contribution >= 4 is 12.0 Å². The number of carbonyl (C=O) groups is 2. The largest absolute Gasteiger partial charge is 0.480 e. The molecule has 8 nitrogen and oxygen atoms in total. The molecule has 1 atom stereocenters. The van der Waals surface area contributed by atoms with Crippen LogP contribution in [0.3, 0.4) is 0 Å². The lowest BCUT2D eigenvalue weighted by atomic mass is 9.96. The Morgan fingerprint density at radius 3 is 2.85 bits per heavy atom. The van der Waals surface area contributed by atoms with E-state index in [4.69, 9.17) is 0 Å². The molecule has 20 heavy (non-hydrogen) atoms. The van der Waals surface area contributed by atoms with Gasteiger partial charge in [-0.25, -0.2) is 9.59 Å². The van der Waals surface area contributed by atoms with Crippen molar-refractivity contribution in [3.05, 3.63) is 12.2 Å². The van der Waals surface area contributed by atoms with E-state index in [0.717, 1.165) is 18.7 Å². The van der Waals surface area contributed by atoms with Gasteiger partial charge in [-0.15, -0.1) is 10.2 Å². The molecule has 0 aromatic carbocycles. The van der Waals surface area contributed by atoms with Gasteiger partial charge in [-0.05, 0) is 25.7 Å². The maximum Gasteiger partial charge on any atom is 0.329 e. The fourth-order valence-corrected chi connectivity index (χ4v) is 2.53. The Morgan fingerprint density at radius 2 is 2.20 bits per heavy atom. The second-order valence-electron chi connectivity index (χ2n) is 5.57. The molecule has 0 radical (unpaired) electrons. The number of rotatable bonds is 3. The highest BCUT2D eigenvalue weighted by Crippen LogP contribution is 2.39. The number of amides is 2. The minimum atomic E-state index is -1.18.